The minimum absolute atomic E-state index is 0.0472. The maximum atomic E-state index is 5.70. The molecule has 2 fully saturated rings. The fourth-order valence-electron chi connectivity index (χ4n) is 3.91. The third-order valence-electron chi connectivity index (χ3n) is 5.46. The van der Waals surface area contributed by atoms with Crippen LogP contribution in [0.3, 0.4) is 0 Å². The highest BCUT2D eigenvalue weighted by Gasteiger charge is 2.44. The molecule has 0 aromatic carbocycles. The van der Waals surface area contributed by atoms with Crippen LogP contribution in [-0.4, -0.2) is 23.2 Å². The Bertz CT molecular complexity index is 448. The van der Waals surface area contributed by atoms with Crippen molar-refractivity contribution in [2.75, 3.05) is 13.1 Å². The minimum atomic E-state index is 0.0472. The van der Waals surface area contributed by atoms with Crippen LogP contribution in [0.1, 0.15) is 70.5 Å². The molecule has 0 amide bonds. The minimum Gasteiger partial charge on any atom is -0.339 e. The zero-order chi connectivity index (χ0) is 14.2. The highest BCUT2D eigenvalue weighted by Crippen LogP contribution is 2.39. The molecule has 3 rings (SSSR count). The standard InChI is InChI=1S/C16H27N3O/c1-11(2)16(7-8-17-10-16)15-18-14(19-20-15)13-6-4-5-12(3)9-13/h11-13,17H,4-10H2,1-3H3. The molecular formula is C16H27N3O. The Kier molecular flexibility index (Phi) is 3.85. The lowest BCUT2D eigenvalue weighted by atomic mass is 9.76. The van der Waals surface area contributed by atoms with Crippen molar-refractivity contribution in [1.82, 2.24) is 15.5 Å². The lowest BCUT2D eigenvalue weighted by molar-refractivity contribution is 0.233. The largest absolute Gasteiger partial charge is 0.339 e. The predicted octanol–water partition coefficient (Wildman–Crippen LogP) is 3.25. The Hall–Kier alpha value is -0.900. The van der Waals surface area contributed by atoms with E-state index in [1.807, 2.05) is 0 Å². The van der Waals surface area contributed by atoms with E-state index >= 15 is 0 Å². The zero-order valence-corrected chi connectivity index (χ0v) is 13.0. The monoisotopic (exact) mass is 277 g/mol. The Balaban J connectivity index is 1.82. The van der Waals surface area contributed by atoms with Crippen LogP contribution in [0.5, 0.6) is 0 Å². The SMILES string of the molecule is CC1CCCC(c2noc(C3(C(C)C)CCNC3)n2)C1. The summed E-state index contributed by atoms with van der Waals surface area (Å²) in [6.45, 7) is 8.88. The van der Waals surface area contributed by atoms with E-state index in [4.69, 9.17) is 9.51 Å². The van der Waals surface area contributed by atoms with Gasteiger partial charge >= 0.3 is 0 Å². The lowest BCUT2D eigenvalue weighted by Crippen LogP contribution is -2.35. The molecule has 20 heavy (non-hydrogen) atoms. The molecule has 0 bridgehead atoms. The van der Waals surface area contributed by atoms with Crippen molar-refractivity contribution in [2.24, 2.45) is 11.8 Å². The van der Waals surface area contributed by atoms with Crippen molar-refractivity contribution in [1.29, 1.82) is 0 Å². The van der Waals surface area contributed by atoms with E-state index in [2.05, 4.69) is 31.2 Å². The van der Waals surface area contributed by atoms with Crippen molar-refractivity contribution in [3.63, 3.8) is 0 Å². The summed E-state index contributed by atoms with van der Waals surface area (Å²) < 4.78 is 5.70. The highest BCUT2D eigenvalue weighted by atomic mass is 16.5. The van der Waals surface area contributed by atoms with Crippen molar-refractivity contribution in [2.45, 2.75) is 64.2 Å². The quantitative estimate of drug-likeness (QED) is 0.921. The summed E-state index contributed by atoms with van der Waals surface area (Å²) in [5.74, 6) is 3.65. The molecule has 112 valence electrons. The number of rotatable bonds is 3. The predicted molar refractivity (Wildman–Crippen MR) is 78.7 cm³/mol. The topological polar surface area (TPSA) is 51.0 Å². The van der Waals surface area contributed by atoms with Gasteiger partial charge in [-0.3, -0.25) is 0 Å². The second-order valence-electron chi connectivity index (χ2n) is 7.16. The number of hydrogen-bond donors (Lipinski definition) is 1. The summed E-state index contributed by atoms with van der Waals surface area (Å²) in [6.07, 6.45) is 6.18. The third kappa shape index (κ3) is 2.39. The van der Waals surface area contributed by atoms with Gasteiger partial charge in [0.1, 0.15) is 0 Å². The fourth-order valence-corrected chi connectivity index (χ4v) is 3.91. The van der Waals surface area contributed by atoms with Gasteiger partial charge in [0.25, 0.3) is 0 Å². The summed E-state index contributed by atoms with van der Waals surface area (Å²) in [5.41, 5.74) is 0.0472. The third-order valence-corrected chi connectivity index (χ3v) is 5.46. The van der Waals surface area contributed by atoms with Crippen LogP contribution in [0.25, 0.3) is 0 Å². The van der Waals surface area contributed by atoms with E-state index in [1.54, 1.807) is 0 Å². The number of nitrogens with one attached hydrogen (secondary N) is 1. The van der Waals surface area contributed by atoms with Crippen LogP contribution in [0.15, 0.2) is 4.52 Å². The van der Waals surface area contributed by atoms with E-state index < -0.39 is 0 Å². The summed E-state index contributed by atoms with van der Waals surface area (Å²) in [4.78, 5) is 4.83. The fraction of sp³-hybridized carbons (Fsp3) is 0.875. The van der Waals surface area contributed by atoms with Crippen molar-refractivity contribution < 1.29 is 4.52 Å². The van der Waals surface area contributed by atoms with Crippen LogP contribution in [0.4, 0.5) is 0 Å². The second kappa shape index (κ2) is 5.47. The smallest absolute Gasteiger partial charge is 0.234 e. The first kappa shape index (κ1) is 14.1. The van der Waals surface area contributed by atoms with E-state index in [0.717, 1.165) is 37.1 Å². The number of nitrogens with zero attached hydrogens (tertiary/aromatic N) is 2. The normalized spacial score (nSPS) is 34.8. The van der Waals surface area contributed by atoms with E-state index in [9.17, 15) is 0 Å². The molecule has 1 aliphatic heterocycles. The molecule has 1 saturated carbocycles. The van der Waals surface area contributed by atoms with Gasteiger partial charge in [0.15, 0.2) is 5.82 Å². The van der Waals surface area contributed by atoms with Crippen molar-refractivity contribution in [3.05, 3.63) is 11.7 Å². The molecular weight excluding hydrogens is 250 g/mol. The van der Waals surface area contributed by atoms with Crippen LogP contribution >= 0.6 is 0 Å². The van der Waals surface area contributed by atoms with Crippen LogP contribution in [0.2, 0.25) is 0 Å². The Morgan fingerprint density at radius 3 is 2.85 bits per heavy atom. The van der Waals surface area contributed by atoms with Gasteiger partial charge in [-0.25, -0.2) is 0 Å². The van der Waals surface area contributed by atoms with Crippen molar-refractivity contribution >= 4 is 0 Å². The Labute approximate surface area is 121 Å². The molecule has 1 aliphatic carbocycles. The second-order valence-corrected chi connectivity index (χ2v) is 7.16. The molecule has 1 N–H and O–H groups in total. The molecule has 1 aromatic heterocycles. The molecule has 1 saturated heterocycles. The van der Waals surface area contributed by atoms with Gasteiger partial charge in [0, 0.05) is 12.5 Å². The van der Waals surface area contributed by atoms with Gasteiger partial charge in [-0.05, 0) is 37.6 Å². The molecule has 2 aliphatic rings. The Morgan fingerprint density at radius 1 is 1.35 bits per heavy atom. The average molecular weight is 277 g/mol. The van der Waals surface area contributed by atoms with Gasteiger partial charge in [0.2, 0.25) is 5.89 Å². The molecule has 4 heteroatoms. The molecule has 4 nitrogen and oxygen atoms in total. The number of hydrogen-bond acceptors (Lipinski definition) is 4. The molecule has 3 atom stereocenters. The summed E-state index contributed by atoms with van der Waals surface area (Å²) in [7, 11) is 0. The molecule has 1 aromatic rings. The highest BCUT2D eigenvalue weighted by molar-refractivity contribution is 5.13. The van der Waals surface area contributed by atoms with Gasteiger partial charge in [0.05, 0.1) is 5.41 Å². The molecule has 3 unspecified atom stereocenters. The van der Waals surface area contributed by atoms with E-state index in [0.29, 0.717) is 11.8 Å². The van der Waals surface area contributed by atoms with Crippen LogP contribution < -0.4 is 5.32 Å². The van der Waals surface area contributed by atoms with Gasteiger partial charge in [-0.1, -0.05) is 38.8 Å². The zero-order valence-electron chi connectivity index (χ0n) is 13.0. The molecule has 0 radical (unpaired) electrons. The summed E-state index contributed by atoms with van der Waals surface area (Å²) in [6, 6.07) is 0. The van der Waals surface area contributed by atoms with Gasteiger partial charge in [-0.2, -0.15) is 4.98 Å². The maximum Gasteiger partial charge on any atom is 0.234 e. The first-order chi connectivity index (χ1) is 9.62. The van der Waals surface area contributed by atoms with Gasteiger partial charge in [-0.15, -0.1) is 0 Å². The molecule has 0 spiro atoms. The number of aromatic nitrogens is 2. The van der Waals surface area contributed by atoms with Gasteiger partial charge < -0.3 is 9.84 Å². The van der Waals surface area contributed by atoms with Crippen LogP contribution in [-0.2, 0) is 5.41 Å². The van der Waals surface area contributed by atoms with E-state index in [1.165, 1.54) is 25.7 Å². The van der Waals surface area contributed by atoms with Crippen LogP contribution in [0, 0.1) is 11.8 Å². The van der Waals surface area contributed by atoms with E-state index in [-0.39, 0.29) is 5.41 Å². The first-order valence-electron chi connectivity index (χ1n) is 8.16. The average Bonchev–Trinajstić information content (AvgIpc) is 3.08. The maximum absolute atomic E-state index is 5.70. The summed E-state index contributed by atoms with van der Waals surface area (Å²) >= 11 is 0. The first-order valence-corrected chi connectivity index (χ1v) is 8.16. The summed E-state index contributed by atoms with van der Waals surface area (Å²) in [5, 5.41) is 7.79. The molecule has 2 heterocycles. The van der Waals surface area contributed by atoms with Crippen molar-refractivity contribution in [3.8, 4) is 0 Å². The Morgan fingerprint density at radius 2 is 2.20 bits per heavy atom. The lowest BCUT2D eigenvalue weighted by Gasteiger charge is -2.28.